The topological polar surface area (TPSA) is 84.5 Å². The SMILES string of the molecule is COc1ccccc1NC(=O)c1cc(S(=O)(=O)N[C@@H]2CCC[C@@H](C)[C@H]2C)ccc1F. The number of nitrogens with one attached hydrogen (secondary N) is 2. The molecule has 162 valence electrons. The van der Waals surface area contributed by atoms with E-state index < -0.39 is 21.7 Å². The van der Waals surface area contributed by atoms with Crippen LogP contribution in [-0.2, 0) is 10.0 Å². The second-order valence-corrected chi connectivity index (χ2v) is 9.51. The van der Waals surface area contributed by atoms with Crippen molar-refractivity contribution in [3.63, 3.8) is 0 Å². The normalized spacial score (nSPS) is 21.8. The minimum atomic E-state index is -3.90. The lowest BCUT2D eigenvalue weighted by Crippen LogP contribution is -2.43. The maximum absolute atomic E-state index is 14.4. The zero-order valence-electron chi connectivity index (χ0n) is 17.3. The molecule has 0 aliphatic heterocycles. The van der Waals surface area contributed by atoms with Gasteiger partial charge >= 0.3 is 0 Å². The lowest BCUT2D eigenvalue weighted by molar-refractivity contribution is 0.102. The van der Waals surface area contributed by atoms with Crippen LogP contribution in [0.4, 0.5) is 10.1 Å². The molecule has 2 aromatic rings. The minimum absolute atomic E-state index is 0.139. The molecule has 3 rings (SSSR count). The predicted octanol–water partition coefficient (Wildman–Crippen LogP) is 4.19. The Morgan fingerprint density at radius 1 is 1.13 bits per heavy atom. The molecule has 30 heavy (non-hydrogen) atoms. The van der Waals surface area contributed by atoms with E-state index in [-0.39, 0.29) is 22.4 Å². The molecule has 0 spiro atoms. The van der Waals surface area contributed by atoms with Crippen LogP contribution in [0.2, 0.25) is 0 Å². The van der Waals surface area contributed by atoms with Gasteiger partial charge in [0.2, 0.25) is 10.0 Å². The number of ether oxygens (including phenoxy) is 1. The highest BCUT2D eigenvalue weighted by Gasteiger charge is 2.31. The van der Waals surface area contributed by atoms with Gasteiger partial charge in [0, 0.05) is 6.04 Å². The van der Waals surface area contributed by atoms with Crippen LogP contribution in [0.25, 0.3) is 0 Å². The lowest BCUT2D eigenvalue weighted by Gasteiger charge is -2.34. The van der Waals surface area contributed by atoms with Crippen LogP contribution < -0.4 is 14.8 Å². The Bertz CT molecular complexity index is 1030. The van der Waals surface area contributed by atoms with E-state index in [4.69, 9.17) is 4.74 Å². The van der Waals surface area contributed by atoms with E-state index in [0.717, 1.165) is 31.4 Å². The van der Waals surface area contributed by atoms with Crippen molar-refractivity contribution in [2.75, 3.05) is 12.4 Å². The molecule has 8 heteroatoms. The fourth-order valence-electron chi connectivity index (χ4n) is 3.80. The van der Waals surface area contributed by atoms with E-state index in [0.29, 0.717) is 17.4 Å². The average molecular weight is 435 g/mol. The molecule has 1 aliphatic carbocycles. The van der Waals surface area contributed by atoms with E-state index in [1.807, 2.05) is 6.92 Å². The van der Waals surface area contributed by atoms with Gasteiger partial charge in [0.15, 0.2) is 0 Å². The van der Waals surface area contributed by atoms with E-state index in [9.17, 15) is 17.6 Å². The van der Waals surface area contributed by atoms with E-state index in [1.165, 1.54) is 13.2 Å². The molecule has 2 N–H and O–H groups in total. The van der Waals surface area contributed by atoms with Crippen LogP contribution in [0.1, 0.15) is 43.5 Å². The Balaban J connectivity index is 1.84. The number of hydrogen-bond acceptors (Lipinski definition) is 4. The first-order chi connectivity index (χ1) is 14.2. The Kier molecular flexibility index (Phi) is 6.77. The van der Waals surface area contributed by atoms with Crippen molar-refractivity contribution in [2.24, 2.45) is 11.8 Å². The van der Waals surface area contributed by atoms with E-state index >= 15 is 0 Å². The average Bonchev–Trinajstić information content (AvgIpc) is 2.71. The van der Waals surface area contributed by atoms with Gasteiger partial charge in [-0.25, -0.2) is 17.5 Å². The van der Waals surface area contributed by atoms with Gasteiger partial charge in [-0.2, -0.15) is 0 Å². The molecular weight excluding hydrogens is 407 g/mol. The Hall–Kier alpha value is -2.45. The van der Waals surface area contributed by atoms with Gasteiger partial charge in [-0.15, -0.1) is 0 Å². The third kappa shape index (κ3) is 4.82. The number of halogens is 1. The van der Waals surface area contributed by atoms with Gasteiger partial charge in [-0.1, -0.05) is 38.8 Å². The van der Waals surface area contributed by atoms with Gasteiger partial charge in [-0.3, -0.25) is 4.79 Å². The third-order valence-electron chi connectivity index (χ3n) is 5.86. The predicted molar refractivity (Wildman–Crippen MR) is 114 cm³/mol. The molecule has 0 saturated heterocycles. The number of anilines is 1. The molecule has 0 radical (unpaired) electrons. The van der Waals surface area contributed by atoms with Crippen LogP contribution in [0.3, 0.4) is 0 Å². The number of methoxy groups -OCH3 is 1. The fourth-order valence-corrected chi connectivity index (χ4v) is 5.19. The number of para-hydroxylation sites is 2. The maximum atomic E-state index is 14.4. The number of rotatable bonds is 6. The summed E-state index contributed by atoms with van der Waals surface area (Å²) >= 11 is 0. The van der Waals surface area contributed by atoms with Crippen LogP contribution in [0, 0.1) is 17.7 Å². The van der Waals surface area contributed by atoms with Crippen molar-refractivity contribution >= 4 is 21.6 Å². The summed E-state index contributed by atoms with van der Waals surface area (Å²) in [6.07, 6.45) is 2.78. The Labute approximate surface area is 176 Å². The summed E-state index contributed by atoms with van der Waals surface area (Å²) < 4.78 is 48.1. The summed E-state index contributed by atoms with van der Waals surface area (Å²) in [6, 6.07) is 9.76. The van der Waals surface area contributed by atoms with Crippen molar-refractivity contribution in [1.29, 1.82) is 0 Å². The van der Waals surface area contributed by atoms with Crippen LogP contribution in [0.15, 0.2) is 47.4 Å². The van der Waals surface area contributed by atoms with Crippen molar-refractivity contribution in [3.8, 4) is 5.75 Å². The number of sulfonamides is 1. The molecule has 1 aliphatic rings. The highest BCUT2D eigenvalue weighted by Crippen LogP contribution is 2.31. The van der Waals surface area contributed by atoms with Crippen molar-refractivity contribution in [3.05, 3.63) is 53.8 Å². The van der Waals surface area contributed by atoms with E-state index in [1.54, 1.807) is 24.3 Å². The fraction of sp³-hybridized carbons (Fsp3) is 0.409. The molecular formula is C22H27FN2O4S. The second kappa shape index (κ2) is 9.14. The molecule has 6 nitrogen and oxygen atoms in total. The summed E-state index contributed by atoms with van der Waals surface area (Å²) in [5.74, 6) is -0.532. The highest BCUT2D eigenvalue weighted by atomic mass is 32.2. The number of benzene rings is 2. The zero-order chi connectivity index (χ0) is 21.9. The largest absolute Gasteiger partial charge is 0.495 e. The van der Waals surface area contributed by atoms with Crippen LogP contribution in [-0.4, -0.2) is 27.5 Å². The lowest BCUT2D eigenvalue weighted by atomic mass is 9.78. The van der Waals surface area contributed by atoms with Gasteiger partial charge in [0.1, 0.15) is 11.6 Å². The highest BCUT2D eigenvalue weighted by molar-refractivity contribution is 7.89. The van der Waals surface area contributed by atoms with Crippen molar-refractivity contribution in [2.45, 2.75) is 44.0 Å². The van der Waals surface area contributed by atoms with Crippen LogP contribution in [0.5, 0.6) is 5.75 Å². The summed E-state index contributed by atoms with van der Waals surface area (Å²) in [7, 11) is -2.44. The summed E-state index contributed by atoms with van der Waals surface area (Å²) in [5.41, 5.74) is 0.00893. The van der Waals surface area contributed by atoms with E-state index in [2.05, 4.69) is 17.0 Å². The molecule has 2 aromatic carbocycles. The molecule has 1 amide bonds. The number of carbonyl (C=O) groups excluding carboxylic acids is 1. The molecule has 0 bridgehead atoms. The molecule has 1 fully saturated rings. The number of carbonyl (C=O) groups is 1. The first-order valence-corrected chi connectivity index (χ1v) is 11.5. The summed E-state index contributed by atoms with van der Waals surface area (Å²) in [6.45, 7) is 4.15. The van der Waals surface area contributed by atoms with Gasteiger partial charge < -0.3 is 10.1 Å². The third-order valence-corrected chi connectivity index (χ3v) is 7.35. The Morgan fingerprint density at radius 2 is 1.87 bits per heavy atom. The first kappa shape index (κ1) is 22.2. The quantitative estimate of drug-likeness (QED) is 0.714. The summed E-state index contributed by atoms with van der Waals surface area (Å²) in [5, 5.41) is 2.57. The van der Waals surface area contributed by atoms with Gasteiger partial charge in [0.25, 0.3) is 5.91 Å². The van der Waals surface area contributed by atoms with Gasteiger partial charge in [0.05, 0.1) is 23.3 Å². The Morgan fingerprint density at radius 3 is 2.60 bits per heavy atom. The molecule has 0 unspecified atom stereocenters. The number of hydrogen-bond donors (Lipinski definition) is 2. The molecule has 3 atom stereocenters. The summed E-state index contributed by atoms with van der Waals surface area (Å²) in [4.78, 5) is 12.5. The second-order valence-electron chi connectivity index (χ2n) is 7.79. The van der Waals surface area contributed by atoms with Crippen LogP contribution >= 0.6 is 0 Å². The van der Waals surface area contributed by atoms with Crippen molar-refractivity contribution < 1.29 is 22.3 Å². The monoisotopic (exact) mass is 434 g/mol. The van der Waals surface area contributed by atoms with Crippen molar-refractivity contribution in [1.82, 2.24) is 4.72 Å². The molecule has 0 heterocycles. The standard InChI is InChI=1S/C22H27FN2O4S/c1-14-7-6-9-19(15(14)2)25-30(27,28)16-11-12-18(23)17(13-16)22(26)24-20-8-4-5-10-21(20)29-3/h4-5,8,10-15,19,25H,6-7,9H2,1-3H3,(H,24,26)/t14-,15-,19-/m1/s1. The first-order valence-electron chi connectivity index (χ1n) is 9.99. The smallest absolute Gasteiger partial charge is 0.258 e. The van der Waals surface area contributed by atoms with Gasteiger partial charge in [-0.05, 0) is 48.6 Å². The number of amides is 1. The zero-order valence-corrected chi connectivity index (χ0v) is 18.1. The minimum Gasteiger partial charge on any atom is -0.495 e. The molecule has 1 saturated carbocycles. The molecule has 0 aromatic heterocycles. The maximum Gasteiger partial charge on any atom is 0.258 e.